The number of carbonyl (C=O) groups is 2. The van der Waals surface area contributed by atoms with Gasteiger partial charge in [0.15, 0.2) is 0 Å². The van der Waals surface area contributed by atoms with E-state index in [1.165, 1.54) is 19.5 Å². The van der Waals surface area contributed by atoms with Crippen molar-refractivity contribution in [3.05, 3.63) is 72.1 Å². The van der Waals surface area contributed by atoms with Crippen LogP contribution in [-0.4, -0.2) is 30.0 Å². The molecule has 1 atom stereocenters. The van der Waals surface area contributed by atoms with Gasteiger partial charge in [0.25, 0.3) is 5.91 Å². The van der Waals surface area contributed by atoms with Gasteiger partial charge in [0.05, 0.1) is 7.11 Å². The van der Waals surface area contributed by atoms with E-state index in [0.29, 0.717) is 12.0 Å². The summed E-state index contributed by atoms with van der Waals surface area (Å²) in [4.78, 5) is 27.8. The Bertz CT molecular complexity index is 669. The molecule has 0 saturated heterocycles. The second kappa shape index (κ2) is 8.48. The molecule has 0 spiro atoms. The average Bonchev–Trinajstić information content (AvgIpc) is 2.61. The molecule has 0 bridgehead atoms. The molecule has 2 aromatic rings. The number of nitrogens with zero attached hydrogens (tertiary/aromatic N) is 1. The predicted molar refractivity (Wildman–Crippen MR) is 87.6 cm³/mol. The summed E-state index contributed by atoms with van der Waals surface area (Å²) >= 11 is 0. The summed E-state index contributed by atoms with van der Waals surface area (Å²) in [7, 11) is 1.30. The van der Waals surface area contributed by atoms with E-state index in [-0.39, 0.29) is 5.91 Å². The van der Waals surface area contributed by atoms with Gasteiger partial charge in [-0.15, -0.1) is 0 Å². The molecule has 1 aromatic heterocycles. The first-order chi connectivity index (χ1) is 11.2. The van der Waals surface area contributed by atoms with Crippen molar-refractivity contribution in [2.24, 2.45) is 0 Å². The molecule has 1 heterocycles. The standard InChI is InChI=1S/C18H18N2O3/c1-23-18(22)16(9-5-8-14-6-3-2-4-7-14)20-17(21)15-10-12-19-13-11-15/h2-8,10-13,16H,9H2,1H3,(H,20,21)/b8-5+/t16-/m1/s1. The zero-order valence-electron chi connectivity index (χ0n) is 12.8. The van der Waals surface area contributed by atoms with Gasteiger partial charge in [-0.1, -0.05) is 42.5 Å². The summed E-state index contributed by atoms with van der Waals surface area (Å²) in [5, 5.41) is 2.68. The molecule has 0 radical (unpaired) electrons. The van der Waals surface area contributed by atoms with Crippen molar-refractivity contribution in [3.8, 4) is 0 Å². The first-order valence-corrected chi connectivity index (χ1v) is 7.21. The van der Waals surface area contributed by atoms with Gasteiger partial charge in [-0.25, -0.2) is 4.79 Å². The second-order valence-electron chi connectivity index (χ2n) is 4.83. The number of amides is 1. The zero-order chi connectivity index (χ0) is 16.5. The van der Waals surface area contributed by atoms with Gasteiger partial charge >= 0.3 is 5.97 Å². The van der Waals surface area contributed by atoms with Gasteiger partial charge in [-0.05, 0) is 24.1 Å². The van der Waals surface area contributed by atoms with Crippen LogP contribution in [0.15, 0.2) is 60.9 Å². The Balaban J connectivity index is 2.01. The van der Waals surface area contributed by atoms with E-state index < -0.39 is 12.0 Å². The summed E-state index contributed by atoms with van der Waals surface area (Å²) in [5.74, 6) is -0.818. The highest BCUT2D eigenvalue weighted by Gasteiger charge is 2.20. The number of esters is 1. The average molecular weight is 310 g/mol. The number of hydrogen-bond donors (Lipinski definition) is 1. The number of benzene rings is 1. The van der Waals surface area contributed by atoms with Gasteiger partial charge in [-0.3, -0.25) is 9.78 Å². The smallest absolute Gasteiger partial charge is 0.328 e. The first-order valence-electron chi connectivity index (χ1n) is 7.21. The van der Waals surface area contributed by atoms with Gasteiger partial charge in [-0.2, -0.15) is 0 Å². The molecule has 1 aromatic carbocycles. The van der Waals surface area contributed by atoms with Crippen molar-refractivity contribution in [3.63, 3.8) is 0 Å². The third-order valence-corrected chi connectivity index (χ3v) is 3.22. The number of hydrogen-bond acceptors (Lipinski definition) is 4. The lowest BCUT2D eigenvalue weighted by Gasteiger charge is -2.14. The lowest BCUT2D eigenvalue weighted by atomic mass is 10.1. The number of aromatic nitrogens is 1. The van der Waals surface area contributed by atoms with Gasteiger partial charge in [0.1, 0.15) is 6.04 Å². The van der Waals surface area contributed by atoms with Crippen molar-refractivity contribution < 1.29 is 14.3 Å². The molecule has 1 N–H and O–H groups in total. The number of methoxy groups -OCH3 is 1. The Morgan fingerprint density at radius 1 is 1.17 bits per heavy atom. The third-order valence-electron chi connectivity index (χ3n) is 3.22. The predicted octanol–water partition coefficient (Wildman–Crippen LogP) is 2.46. The van der Waals surface area contributed by atoms with E-state index >= 15 is 0 Å². The van der Waals surface area contributed by atoms with Crippen LogP contribution in [0.1, 0.15) is 22.3 Å². The lowest BCUT2D eigenvalue weighted by Crippen LogP contribution is -2.41. The molecule has 0 aliphatic carbocycles. The number of pyridine rings is 1. The van der Waals surface area contributed by atoms with Crippen LogP contribution >= 0.6 is 0 Å². The minimum absolute atomic E-state index is 0.337. The minimum atomic E-state index is -0.736. The molecule has 0 aliphatic rings. The van der Waals surface area contributed by atoms with Crippen LogP contribution in [0.25, 0.3) is 6.08 Å². The van der Waals surface area contributed by atoms with Crippen LogP contribution in [0.4, 0.5) is 0 Å². The first kappa shape index (κ1) is 16.4. The summed E-state index contributed by atoms with van der Waals surface area (Å²) < 4.78 is 4.75. The molecule has 5 nitrogen and oxygen atoms in total. The highest BCUT2D eigenvalue weighted by atomic mass is 16.5. The Morgan fingerprint density at radius 2 is 1.87 bits per heavy atom. The zero-order valence-corrected chi connectivity index (χ0v) is 12.8. The molecular formula is C18H18N2O3. The fourth-order valence-corrected chi connectivity index (χ4v) is 2.01. The highest BCUT2D eigenvalue weighted by Crippen LogP contribution is 2.06. The van der Waals surface area contributed by atoms with Crippen LogP contribution in [-0.2, 0) is 9.53 Å². The van der Waals surface area contributed by atoms with E-state index in [1.807, 2.05) is 42.5 Å². The fourth-order valence-electron chi connectivity index (χ4n) is 2.01. The molecule has 0 aliphatic heterocycles. The Kier molecular flexibility index (Phi) is 6.06. The summed E-state index contributed by atoms with van der Waals surface area (Å²) in [6.07, 6.45) is 7.13. The van der Waals surface area contributed by atoms with Crippen LogP contribution in [0, 0.1) is 0 Å². The van der Waals surface area contributed by atoms with E-state index in [4.69, 9.17) is 4.74 Å². The van der Waals surface area contributed by atoms with Crippen LogP contribution in [0.3, 0.4) is 0 Å². The molecule has 1 amide bonds. The van der Waals surface area contributed by atoms with E-state index in [1.54, 1.807) is 12.1 Å². The normalized spacial score (nSPS) is 11.9. The van der Waals surface area contributed by atoms with E-state index in [0.717, 1.165) is 5.56 Å². The van der Waals surface area contributed by atoms with Gasteiger partial charge in [0, 0.05) is 18.0 Å². The lowest BCUT2D eigenvalue weighted by molar-refractivity contribution is -0.142. The van der Waals surface area contributed by atoms with Crippen LogP contribution < -0.4 is 5.32 Å². The molecule has 23 heavy (non-hydrogen) atoms. The molecular weight excluding hydrogens is 292 g/mol. The monoisotopic (exact) mass is 310 g/mol. The number of rotatable bonds is 6. The van der Waals surface area contributed by atoms with Crippen molar-refractivity contribution >= 4 is 18.0 Å². The number of nitrogens with one attached hydrogen (secondary N) is 1. The third kappa shape index (κ3) is 5.07. The van der Waals surface area contributed by atoms with E-state index in [9.17, 15) is 9.59 Å². The Hall–Kier alpha value is -2.95. The maximum Gasteiger partial charge on any atom is 0.328 e. The fraction of sp³-hybridized carbons (Fsp3) is 0.167. The van der Waals surface area contributed by atoms with Crippen molar-refractivity contribution in [2.75, 3.05) is 7.11 Å². The molecule has 0 unspecified atom stereocenters. The van der Waals surface area contributed by atoms with Crippen molar-refractivity contribution in [1.82, 2.24) is 10.3 Å². The van der Waals surface area contributed by atoms with Gasteiger partial charge in [0.2, 0.25) is 0 Å². The molecule has 0 fully saturated rings. The Morgan fingerprint density at radius 3 is 2.52 bits per heavy atom. The minimum Gasteiger partial charge on any atom is -0.467 e. The largest absolute Gasteiger partial charge is 0.467 e. The van der Waals surface area contributed by atoms with E-state index in [2.05, 4.69) is 10.3 Å². The molecule has 0 saturated carbocycles. The van der Waals surface area contributed by atoms with Crippen molar-refractivity contribution in [1.29, 1.82) is 0 Å². The second-order valence-corrected chi connectivity index (χ2v) is 4.83. The maximum atomic E-state index is 12.1. The highest BCUT2D eigenvalue weighted by molar-refractivity contribution is 5.96. The van der Waals surface area contributed by atoms with Crippen molar-refractivity contribution in [2.45, 2.75) is 12.5 Å². The summed E-state index contributed by atoms with van der Waals surface area (Å²) in [6, 6.07) is 12.2. The number of carbonyl (C=O) groups excluding carboxylic acids is 2. The molecule has 2 rings (SSSR count). The van der Waals surface area contributed by atoms with Crippen LogP contribution in [0.5, 0.6) is 0 Å². The SMILES string of the molecule is COC(=O)[C@@H](C/C=C/c1ccccc1)NC(=O)c1ccncc1. The quantitative estimate of drug-likeness (QED) is 0.832. The number of ether oxygens (including phenoxy) is 1. The van der Waals surface area contributed by atoms with Gasteiger partial charge < -0.3 is 10.1 Å². The van der Waals surface area contributed by atoms with Crippen LogP contribution in [0.2, 0.25) is 0 Å². The summed E-state index contributed by atoms with van der Waals surface area (Å²) in [6.45, 7) is 0. The summed E-state index contributed by atoms with van der Waals surface area (Å²) in [5.41, 5.74) is 1.47. The topological polar surface area (TPSA) is 68.3 Å². The Labute approximate surface area is 135 Å². The molecule has 5 heteroatoms. The molecule has 118 valence electrons. The maximum absolute atomic E-state index is 12.1.